The average molecular weight is 295 g/mol. The second-order valence-electron chi connectivity index (χ2n) is 5.39. The monoisotopic (exact) mass is 295 g/mol. The molecule has 0 radical (unpaired) electrons. The summed E-state index contributed by atoms with van der Waals surface area (Å²) < 4.78 is 5.50. The summed E-state index contributed by atoms with van der Waals surface area (Å²) in [6.45, 7) is 6.70. The van der Waals surface area contributed by atoms with E-state index in [0.717, 1.165) is 18.7 Å². The van der Waals surface area contributed by atoms with Gasteiger partial charge >= 0.3 is 0 Å². The van der Waals surface area contributed by atoms with Gasteiger partial charge in [0.05, 0.1) is 18.1 Å². The van der Waals surface area contributed by atoms with E-state index in [-0.39, 0.29) is 16.7 Å². The van der Waals surface area contributed by atoms with E-state index >= 15 is 0 Å². The van der Waals surface area contributed by atoms with Crippen molar-refractivity contribution >= 4 is 5.69 Å². The molecule has 0 fully saturated rings. The first-order valence-electron chi connectivity index (χ1n) is 7.12. The Balaban J connectivity index is 2.40. The quantitative estimate of drug-likeness (QED) is 0.429. The first-order valence-corrected chi connectivity index (χ1v) is 7.12. The molecule has 1 aromatic carbocycles. The van der Waals surface area contributed by atoms with Gasteiger partial charge in [0, 0.05) is 30.8 Å². The van der Waals surface area contributed by atoms with Crippen LogP contribution in [0, 0.1) is 17.0 Å². The van der Waals surface area contributed by atoms with Gasteiger partial charge in [-0.3, -0.25) is 10.1 Å². The maximum atomic E-state index is 10.9. The fraction of sp³-hybridized carbons (Fsp3) is 0.600. The van der Waals surface area contributed by atoms with Gasteiger partial charge in [-0.2, -0.15) is 0 Å². The number of hydrogen-bond acceptors (Lipinski definition) is 5. The van der Waals surface area contributed by atoms with E-state index in [1.54, 1.807) is 19.1 Å². The van der Waals surface area contributed by atoms with Crippen molar-refractivity contribution in [3.05, 3.63) is 39.4 Å². The number of nitro benzene ring substituents is 1. The fourth-order valence-corrected chi connectivity index (χ4v) is 1.91. The van der Waals surface area contributed by atoms with Crippen molar-refractivity contribution in [2.75, 3.05) is 40.4 Å². The highest BCUT2D eigenvalue weighted by molar-refractivity contribution is 5.43. The van der Waals surface area contributed by atoms with Gasteiger partial charge in [0.25, 0.3) is 5.69 Å². The summed E-state index contributed by atoms with van der Waals surface area (Å²) in [6, 6.07) is 5.41. The molecule has 21 heavy (non-hydrogen) atoms. The highest BCUT2D eigenvalue weighted by Crippen LogP contribution is 2.22. The standard InChI is InChI=1S/C15H25N3O3/c1-12-5-6-14(11-15(12)18(19)20)13(2)16-7-9-21-10-8-17(3)4/h5-6,11,13,16H,7-10H2,1-4H3. The minimum Gasteiger partial charge on any atom is -0.379 e. The Labute approximate surface area is 126 Å². The van der Waals surface area contributed by atoms with Crippen LogP contribution in [-0.4, -0.2) is 50.2 Å². The van der Waals surface area contributed by atoms with Crippen LogP contribution < -0.4 is 5.32 Å². The van der Waals surface area contributed by atoms with Crippen LogP contribution in [0.15, 0.2) is 18.2 Å². The zero-order chi connectivity index (χ0) is 15.8. The first kappa shape index (κ1) is 17.6. The molecule has 0 aromatic heterocycles. The zero-order valence-corrected chi connectivity index (χ0v) is 13.3. The van der Waals surface area contributed by atoms with Crippen LogP contribution in [0.25, 0.3) is 0 Å². The molecule has 0 bridgehead atoms. The first-order chi connectivity index (χ1) is 9.91. The highest BCUT2D eigenvalue weighted by atomic mass is 16.6. The highest BCUT2D eigenvalue weighted by Gasteiger charge is 2.13. The predicted molar refractivity (Wildman–Crippen MR) is 83.6 cm³/mol. The Hall–Kier alpha value is -1.50. The second kappa shape index (κ2) is 8.71. The molecule has 1 atom stereocenters. The third-order valence-electron chi connectivity index (χ3n) is 3.31. The van der Waals surface area contributed by atoms with Crippen molar-refractivity contribution in [3.63, 3.8) is 0 Å². The number of rotatable bonds is 9. The molecule has 0 amide bonds. The molecule has 118 valence electrons. The molecule has 0 heterocycles. The van der Waals surface area contributed by atoms with Crippen LogP contribution in [0.3, 0.4) is 0 Å². The summed E-state index contributed by atoms with van der Waals surface area (Å²) in [5, 5.41) is 14.3. The van der Waals surface area contributed by atoms with E-state index in [0.29, 0.717) is 18.8 Å². The van der Waals surface area contributed by atoms with Gasteiger partial charge in [-0.1, -0.05) is 12.1 Å². The van der Waals surface area contributed by atoms with Crippen molar-refractivity contribution in [2.45, 2.75) is 19.9 Å². The molecule has 0 aliphatic heterocycles. The number of nitro groups is 1. The number of aryl methyl sites for hydroxylation is 1. The molecule has 0 saturated heterocycles. The van der Waals surface area contributed by atoms with Gasteiger partial charge in [-0.05, 0) is 33.5 Å². The molecule has 1 unspecified atom stereocenters. The fourth-order valence-electron chi connectivity index (χ4n) is 1.91. The molecule has 1 aromatic rings. The van der Waals surface area contributed by atoms with Crippen LogP contribution in [0.4, 0.5) is 5.69 Å². The Morgan fingerprint density at radius 1 is 1.38 bits per heavy atom. The Bertz CT molecular complexity index is 463. The minimum atomic E-state index is -0.337. The molecular formula is C15H25N3O3. The Morgan fingerprint density at radius 3 is 2.71 bits per heavy atom. The Kier molecular flexibility index (Phi) is 7.28. The second-order valence-corrected chi connectivity index (χ2v) is 5.39. The summed E-state index contributed by atoms with van der Waals surface area (Å²) in [4.78, 5) is 12.7. The third kappa shape index (κ3) is 6.20. The van der Waals surface area contributed by atoms with E-state index in [9.17, 15) is 10.1 Å². The number of hydrogen-bond donors (Lipinski definition) is 1. The molecular weight excluding hydrogens is 270 g/mol. The lowest BCUT2D eigenvalue weighted by atomic mass is 10.0. The number of nitrogens with zero attached hydrogens (tertiary/aromatic N) is 2. The predicted octanol–water partition coefficient (Wildman–Crippen LogP) is 2.13. The maximum Gasteiger partial charge on any atom is 0.272 e. The van der Waals surface area contributed by atoms with Crippen molar-refractivity contribution in [1.82, 2.24) is 10.2 Å². The van der Waals surface area contributed by atoms with Crippen molar-refractivity contribution < 1.29 is 9.66 Å². The minimum absolute atomic E-state index is 0.0572. The SMILES string of the molecule is Cc1ccc(C(C)NCCOCCN(C)C)cc1[N+](=O)[O-]. The molecule has 6 nitrogen and oxygen atoms in total. The molecule has 6 heteroatoms. The average Bonchev–Trinajstić information content (AvgIpc) is 2.42. The van der Waals surface area contributed by atoms with Crippen LogP contribution in [0.2, 0.25) is 0 Å². The largest absolute Gasteiger partial charge is 0.379 e. The zero-order valence-electron chi connectivity index (χ0n) is 13.3. The van der Waals surface area contributed by atoms with E-state index < -0.39 is 0 Å². The van der Waals surface area contributed by atoms with Crippen molar-refractivity contribution in [3.8, 4) is 0 Å². The number of likely N-dealkylation sites (N-methyl/N-ethyl adjacent to an activating group) is 1. The molecule has 0 saturated carbocycles. The summed E-state index contributed by atoms with van der Waals surface area (Å²) in [7, 11) is 4.02. The molecule has 0 aliphatic carbocycles. The number of nitrogens with one attached hydrogen (secondary N) is 1. The maximum absolute atomic E-state index is 10.9. The van der Waals surface area contributed by atoms with E-state index in [4.69, 9.17) is 4.74 Å². The normalized spacial score (nSPS) is 12.6. The molecule has 0 spiro atoms. The molecule has 1 rings (SSSR count). The third-order valence-corrected chi connectivity index (χ3v) is 3.31. The topological polar surface area (TPSA) is 67.6 Å². The van der Waals surface area contributed by atoms with Gasteiger partial charge in [-0.25, -0.2) is 0 Å². The van der Waals surface area contributed by atoms with Gasteiger partial charge in [0.2, 0.25) is 0 Å². The van der Waals surface area contributed by atoms with E-state index in [1.165, 1.54) is 0 Å². The van der Waals surface area contributed by atoms with Crippen LogP contribution in [0.5, 0.6) is 0 Å². The van der Waals surface area contributed by atoms with Gasteiger partial charge in [0.15, 0.2) is 0 Å². The molecule has 0 aliphatic rings. The van der Waals surface area contributed by atoms with Gasteiger partial charge in [-0.15, -0.1) is 0 Å². The van der Waals surface area contributed by atoms with E-state index in [1.807, 2.05) is 27.1 Å². The summed E-state index contributed by atoms with van der Waals surface area (Å²) in [5.74, 6) is 0. The number of benzene rings is 1. The smallest absolute Gasteiger partial charge is 0.272 e. The van der Waals surface area contributed by atoms with Gasteiger partial charge in [0.1, 0.15) is 0 Å². The van der Waals surface area contributed by atoms with Crippen molar-refractivity contribution in [1.29, 1.82) is 0 Å². The van der Waals surface area contributed by atoms with Crippen molar-refractivity contribution in [2.24, 2.45) is 0 Å². The summed E-state index contributed by atoms with van der Waals surface area (Å²) >= 11 is 0. The lowest BCUT2D eigenvalue weighted by Crippen LogP contribution is -2.25. The van der Waals surface area contributed by atoms with Gasteiger partial charge < -0.3 is 15.0 Å². The summed E-state index contributed by atoms with van der Waals surface area (Å²) in [6.07, 6.45) is 0. The lowest BCUT2D eigenvalue weighted by molar-refractivity contribution is -0.385. The molecule has 1 N–H and O–H groups in total. The van der Waals surface area contributed by atoms with Crippen LogP contribution in [-0.2, 0) is 4.74 Å². The summed E-state index contributed by atoms with van der Waals surface area (Å²) in [5.41, 5.74) is 1.77. The Morgan fingerprint density at radius 2 is 2.10 bits per heavy atom. The van der Waals surface area contributed by atoms with Crippen LogP contribution >= 0.6 is 0 Å². The lowest BCUT2D eigenvalue weighted by Gasteiger charge is -2.15. The number of ether oxygens (including phenoxy) is 1. The van der Waals surface area contributed by atoms with E-state index in [2.05, 4.69) is 10.2 Å². The van der Waals surface area contributed by atoms with Crippen LogP contribution in [0.1, 0.15) is 24.1 Å².